The number of phenols is 3. The molecule has 1 fully saturated rings. The highest BCUT2D eigenvalue weighted by Gasteiger charge is 2.49. The van der Waals surface area contributed by atoms with Crippen molar-refractivity contribution in [3.05, 3.63) is 51.6 Å². The molecule has 5 rings (SSSR count). The molecule has 2 aromatic carbocycles. The Labute approximate surface area is 211 Å². The molecule has 2 aliphatic carbocycles. The number of rotatable bonds is 3. The van der Waals surface area contributed by atoms with Crippen LogP contribution in [0.1, 0.15) is 75.8 Å². The Morgan fingerprint density at radius 3 is 2.43 bits per heavy atom. The number of carbonyl (C=O) groups is 2. The molecule has 3 aliphatic rings. The standard InChI is InChI=1S/C26H29NO10/c1-9-21(30)13(27)6-16(36-9)37-15-8-26(35,10(2)28)7-12-18(15)25(34)20-19(23(12)32)22(31)11-4-3-5-14(29)17(11)24(20)33/h3-5,9-10,13,15-16,21,28-30,32,34-35H,6-8,27H2,1-2H3/t9?,10?,13?,15-,16?,21?,26-/m0/s1. The van der Waals surface area contributed by atoms with Crippen LogP contribution in [-0.4, -0.2) is 78.5 Å². The third kappa shape index (κ3) is 3.81. The summed E-state index contributed by atoms with van der Waals surface area (Å²) in [6.07, 6.45) is -5.63. The number of carbonyl (C=O) groups excluding carboxylic acids is 2. The maximum absolute atomic E-state index is 13.4. The molecule has 0 spiro atoms. The zero-order valence-corrected chi connectivity index (χ0v) is 20.2. The number of phenolic OH excluding ortho intramolecular Hbond substituents is 3. The molecule has 1 heterocycles. The fraction of sp³-hybridized carbons (Fsp3) is 0.462. The van der Waals surface area contributed by atoms with Crippen molar-refractivity contribution in [2.45, 2.75) is 75.5 Å². The van der Waals surface area contributed by atoms with Crippen molar-refractivity contribution >= 4 is 11.6 Å². The first-order valence-corrected chi connectivity index (χ1v) is 12.0. The van der Waals surface area contributed by atoms with Gasteiger partial charge in [-0.15, -0.1) is 0 Å². The number of hydrogen-bond acceptors (Lipinski definition) is 11. The number of ether oxygens (including phenoxy) is 2. The van der Waals surface area contributed by atoms with Crippen LogP contribution in [0.4, 0.5) is 0 Å². The highest BCUT2D eigenvalue weighted by Crippen LogP contribution is 2.52. The van der Waals surface area contributed by atoms with Crippen LogP contribution in [0.5, 0.6) is 17.2 Å². The average molecular weight is 516 g/mol. The molecule has 0 aromatic heterocycles. The molecule has 0 radical (unpaired) electrons. The smallest absolute Gasteiger partial charge is 0.202 e. The maximum atomic E-state index is 13.4. The third-order valence-corrected chi connectivity index (χ3v) is 7.75. The Balaban J connectivity index is 1.67. The van der Waals surface area contributed by atoms with E-state index < -0.39 is 82.3 Å². The van der Waals surface area contributed by atoms with Crippen molar-refractivity contribution in [3.8, 4) is 17.2 Å². The van der Waals surface area contributed by atoms with E-state index in [1.165, 1.54) is 25.1 Å². The summed E-state index contributed by atoms with van der Waals surface area (Å²) in [6.45, 7) is 2.96. The van der Waals surface area contributed by atoms with E-state index in [-0.39, 0.29) is 41.5 Å². The first-order chi connectivity index (χ1) is 17.4. The number of aliphatic hydroxyl groups is 3. The zero-order chi connectivity index (χ0) is 27.0. The number of nitrogens with two attached hydrogens (primary N) is 1. The SMILES string of the molecule is CC1OC(O[C@H]2C[C@](O)(C(C)O)Cc3c(O)c4c(c(O)c32)C(=O)c2c(O)cccc2C4=O)CC(N)C1O. The van der Waals surface area contributed by atoms with Gasteiger partial charge in [0.1, 0.15) is 17.2 Å². The van der Waals surface area contributed by atoms with Crippen LogP contribution < -0.4 is 5.73 Å². The van der Waals surface area contributed by atoms with Crippen LogP contribution in [0.25, 0.3) is 0 Å². The minimum Gasteiger partial charge on any atom is -0.507 e. The first kappa shape index (κ1) is 25.6. The van der Waals surface area contributed by atoms with Gasteiger partial charge in [-0.25, -0.2) is 0 Å². The van der Waals surface area contributed by atoms with E-state index in [1.807, 2.05) is 0 Å². The van der Waals surface area contributed by atoms with Crippen molar-refractivity contribution < 1.29 is 49.7 Å². The molecule has 2 aromatic rings. The highest BCUT2D eigenvalue weighted by molar-refractivity contribution is 6.31. The van der Waals surface area contributed by atoms with E-state index in [1.54, 1.807) is 6.92 Å². The van der Waals surface area contributed by atoms with Crippen LogP contribution >= 0.6 is 0 Å². The molecule has 0 amide bonds. The van der Waals surface area contributed by atoms with Gasteiger partial charge in [0, 0.05) is 42.0 Å². The maximum Gasteiger partial charge on any atom is 0.202 e. The van der Waals surface area contributed by atoms with E-state index in [4.69, 9.17) is 15.2 Å². The predicted octanol–water partition coefficient (Wildman–Crippen LogP) is 0.518. The lowest BCUT2D eigenvalue weighted by molar-refractivity contribution is -0.250. The van der Waals surface area contributed by atoms with Gasteiger partial charge in [-0.1, -0.05) is 12.1 Å². The fourth-order valence-electron chi connectivity index (χ4n) is 5.58. The molecular weight excluding hydrogens is 486 g/mol. The van der Waals surface area contributed by atoms with Crippen molar-refractivity contribution in [1.29, 1.82) is 0 Å². The Morgan fingerprint density at radius 2 is 1.78 bits per heavy atom. The van der Waals surface area contributed by atoms with E-state index in [2.05, 4.69) is 0 Å². The lowest BCUT2D eigenvalue weighted by Gasteiger charge is -2.43. The number of aromatic hydroxyl groups is 3. The van der Waals surface area contributed by atoms with Gasteiger partial charge in [0.25, 0.3) is 0 Å². The molecule has 11 nitrogen and oxygen atoms in total. The molecule has 0 saturated carbocycles. The number of fused-ring (bicyclic) bond motifs is 3. The Hall–Kier alpha value is -3.06. The van der Waals surface area contributed by atoms with Gasteiger partial charge < -0.3 is 45.8 Å². The van der Waals surface area contributed by atoms with Gasteiger partial charge in [0.15, 0.2) is 12.1 Å². The summed E-state index contributed by atoms with van der Waals surface area (Å²) in [5.41, 5.74) is 2.69. The first-order valence-electron chi connectivity index (χ1n) is 12.0. The third-order valence-electron chi connectivity index (χ3n) is 7.75. The van der Waals surface area contributed by atoms with Gasteiger partial charge >= 0.3 is 0 Å². The predicted molar refractivity (Wildman–Crippen MR) is 126 cm³/mol. The summed E-state index contributed by atoms with van der Waals surface area (Å²) < 4.78 is 11.8. The van der Waals surface area contributed by atoms with Crippen LogP contribution in [0.2, 0.25) is 0 Å². The van der Waals surface area contributed by atoms with Gasteiger partial charge in [0.2, 0.25) is 5.78 Å². The molecule has 198 valence electrons. The van der Waals surface area contributed by atoms with Crippen LogP contribution in [0.3, 0.4) is 0 Å². The van der Waals surface area contributed by atoms with Crippen molar-refractivity contribution in [3.63, 3.8) is 0 Å². The molecule has 1 aliphatic heterocycles. The van der Waals surface area contributed by atoms with Crippen molar-refractivity contribution in [1.82, 2.24) is 0 Å². The Bertz CT molecular complexity index is 1290. The van der Waals surface area contributed by atoms with Crippen molar-refractivity contribution in [2.75, 3.05) is 0 Å². The lowest BCUT2D eigenvalue weighted by atomic mass is 9.71. The fourth-order valence-corrected chi connectivity index (χ4v) is 5.58. The van der Waals surface area contributed by atoms with E-state index in [0.717, 1.165) is 0 Å². The molecule has 1 saturated heterocycles. The number of hydrogen-bond donors (Lipinski definition) is 7. The van der Waals surface area contributed by atoms with Crippen LogP contribution in [0, 0.1) is 0 Å². The van der Waals surface area contributed by atoms with Gasteiger partial charge in [0.05, 0.1) is 46.7 Å². The summed E-state index contributed by atoms with van der Waals surface area (Å²) in [7, 11) is 0. The summed E-state index contributed by atoms with van der Waals surface area (Å²) >= 11 is 0. The molecular formula is C26H29NO10. The molecule has 7 atom stereocenters. The summed E-state index contributed by atoms with van der Waals surface area (Å²) in [6, 6.07) is 3.25. The van der Waals surface area contributed by atoms with Crippen LogP contribution in [0.15, 0.2) is 18.2 Å². The van der Waals surface area contributed by atoms with Crippen molar-refractivity contribution in [2.24, 2.45) is 5.73 Å². The highest BCUT2D eigenvalue weighted by atomic mass is 16.7. The van der Waals surface area contributed by atoms with E-state index >= 15 is 0 Å². The quantitative estimate of drug-likeness (QED) is 0.240. The van der Waals surface area contributed by atoms with E-state index in [0.29, 0.717) is 0 Å². The zero-order valence-electron chi connectivity index (χ0n) is 20.2. The molecule has 0 bridgehead atoms. The molecule has 37 heavy (non-hydrogen) atoms. The molecule has 5 unspecified atom stereocenters. The van der Waals surface area contributed by atoms with Gasteiger partial charge in [-0.05, 0) is 19.9 Å². The summed E-state index contributed by atoms with van der Waals surface area (Å²) in [5.74, 6) is -3.37. The molecule has 8 N–H and O–H groups in total. The summed E-state index contributed by atoms with van der Waals surface area (Å²) in [4.78, 5) is 26.7. The second kappa shape index (κ2) is 8.76. The Morgan fingerprint density at radius 1 is 1.11 bits per heavy atom. The second-order valence-electron chi connectivity index (χ2n) is 10.1. The summed E-state index contributed by atoms with van der Waals surface area (Å²) in [5, 5.41) is 64.7. The second-order valence-corrected chi connectivity index (χ2v) is 10.1. The van der Waals surface area contributed by atoms with Crippen LogP contribution in [-0.2, 0) is 15.9 Å². The average Bonchev–Trinajstić information content (AvgIpc) is 2.82. The Kier molecular flexibility index (Phi) is 6.06. The lowest BCUT2D eigenvalue weighted by Crippen LogP contribution is -2.53. The van der Waals surface area contributed by atoms with Gasteiger partial charge in [-0.2, -0.15) is 0 Å². The van der Waals surface area contributed by atoms with Gasteiger partial charge in [-0.3, -0.25) is 9.59 Å². The minimum atomic E-state index is -1.82. The minimum absolute atomic E-state index is 0.0439. The topological polar surface area (TPSA) is 200 Å². The largest absolute Gasteiger partial charge is 0.507 e. The number of ketones is 2. The number of aliphatic hydroxyl groups excluding tert-OH is 2. The molecule has 11 heteroatoms. The monoisotopic (exact) mass is 515 g/mol. The normalized spacial score (nSPS) is 31.9. The van der Waals surface area contributed by atoms with E-state index in [9.17, 15) is 40.2 Å². The number of benzene rings is 2.